The molecule has 2 N–H and O–H groups in total. The van der Waals surface area contributed by atoms with Crippen LogP contribution in [-0.4, -0.2) is 37.0 Å². The number of guanidine groups is 1. The summed E-state index contributed by atoms with van der Waals surface area (Å²) in [5.74, 6) is 1.91. The number of amides is 1. The summed E-state index contributed by atoms with van der Waals surface area (Å²) in [4.78, 5) is 18.4. The highest BCUT2D eigenvalue weighted by atomic mass is 127. The van der Waals surface area contributed by atoms with Gasteiger partial charge in [-0.15, -0.1) is 24.0 Å². The highest BCUT2D eigenvalue weighted by Crippen LogP contribution is 2.19. The summed E-state index contributed by atoms with van der Waals surface area (Å²) >= 11 is 0. The van der Waals surface area contributed by atoms with Gasteiger partial charge in [-0.3, -0.25) is 4.79 Å². The number of ether oxygens (including phenoxy) is 1. The second-order valence-electron chi connectivity index (χ2n) is 7.60. The summed E-state index contributed by atoms with van der Waals surface area (Å²) in [6, 6.07) is 14.6. The lowest BCUT2D eigenvalue weighted by molar-refractivity contribution is -0.128. The molecule has 0 bridgehead atoms. The second kappa shape index (κ2) is 12.5. The summed E-state index contributed by atoms with van der Waals surface area (Å²) < 4.78 is 5.49. The molecule has 0 aromatic heterocycles. The number of halogens is 1. The van der Waals surface area contributed by atoms with E-state index in [1.807, 2.05) is 11.0 Å². The van der Waals surface area contributed by atoms with Crippen LogP contribution in [-0.2, 0) is 24.4 Å². The van der Waals surface area contributed by atoms with Crippen molar-refractivity contribution in [2.24, 2.45) is 4.99 Å². The van der Waals surface area contributed by atoms with Gasteiger partial charge in [-0.05, 0) is 43.0 Å². The fourth-order valence-corrected chi connectivity index (χ4v) is 3.53. The zero-order valence-electron chi connectivity index (χ0n) is 18.6. The minimum atomic E-state index is 0. The molecule has 0 radical (unpaired) electrons. The van der Waals surface area contributed by atoms with Crippen LogP contribution in [0.1, 0.15) is 42.0 Å². The van der Waals surface area contributed by atoms with E-state index in [9.17, 15) is 4.79 Å². The van der Waals surface area contributed by atoms with Gasteiger partial charge >= 0.3 is 0 Å². The molecule has 1 aliphatic heterocycles. The standard InChI is InChI=1S/C24H32N4O2.HI/c1-4-25-24(27-16-21-12-7-18(2)14-22(21)30-3)26-15-19-8-10-20(11-9-19)17-28-13-5-6-23(28)29;/h7-12,14H,4-6,13,15-17H2,1-3H3,(H2,25,26,27);1H. The minimum Gasteiger partial charge on any atom is -0.496 e. The molecule has 1 fully saturated rings. The van der Waals surface area contributed by atoms with E-state index in [0.717, 1.165) is 47.9 Å². The Balaban J connectivity index is 0.00000341. The van der Waals surface area contributed by atoms with Crippen LogP contribution in [0.15, 0.2) is 47.5 Å². The molecule has 2 aromatic carbocycles. The fraction of sp³-hybridized carbons (Fsp3) is 0.417. The van der Waals surface area contributed by atoms with Crippen molar-refractivity contribution < 1.29 is 9.53 Å². The van der Waals surface area contributed by atoms with E-state index in [0.29, 0.717) is 26.1 Å². The molecule has 1 saturated heterocycles. The quantitative estimate of drug-likeness (QED) is 0.304. The lowest BCUT2D eigenvalue weighted by Gasteiger charge is -2.15. The van der Waals surface area contributed by atoms with Crippen molar-refractivity contribution in [1.29, 1.82) is 0 Å². The number of likely N-dealkylation sites (tertiary alicyclic amines) is 1. The van der Waals surface area contributed by atoms with Crippen LogP contribution in [0.5, 0.6) is 5.75 Å². The van der Waals surface area contributed by atoms with Gasteiger partial charge in [0.2, 0.25) is 5.91 Å². The number of aryl methyl sites for hydroxylation is 1. The summed E-state index contributed by atoms with van der Waals surface area (Å²) in [5, 5.41) is 6.67. The smallest absolute Gasteiger partial charge is 0.222 e. The molecule has 0 unspecified atom stereocenters. The average molecular weight is 536 g/mol. The van der Waals surface area contributed by atoms with E-state index >= 15 is 0 Å². The molecule has 0 spiro atoms. The Morgan fingerprint density at radius 1 is 1.13 bits per heavy atom. The Kier molecular flexibility index (Phi) is 10.1. The molecule has 0 atom stereocenters. The molecular weight excluding hydrogens is 503 g/mol. The van der Waals surface area contributed by atoms with E-state index < -0.39 is 0 Å². The van der Waals surface area contributed by atoms with Crippen molar-refractivity contribution in [2.45, 2.75) is 46.3 Å². The third kappa shape index (κ3) is 7.41. The number of rotatable bonds is 8. The number of benzene rings is 2. The first-order chi connectivity index (χ1) is 14.6. The number of aliphatic imine (C=N–C) groups is 1. The van der Waals surface area contributed by atoms with Gasteiger partial charge in [0.1, 0.15) is 5.75 Å². The topological polar surface area (TPSA) is 66.0 Å². The molecule has 2 aromatic rings. The van der Waals surface area contributed by atoms with Gasteiger partial charge in [-0.1, -0.05) is 36.4 Å². The summed E-state index contributed by atoms with van der Waals surface area (Å²) in [7, 11) is 1.70. The largest absolute Gasteiger partial charge is 0.496 e. The van der Waals surface area contributed by atoms with Crippen molar-refractivity contribution in [3.8, 4) is 5.75 Å². The number of nitrogens with zero attached hydrogens (tertiary/aromatic N) is 2. The molecule has 168 valence electrons. The maximum Gasteiger partial charge on any atom is 0.222 e. The normalized spacial score (nSPS) is 13.7. The number of carbonyl (C=O) groups excluding carboxylic acids is 1. The number of carbonyl (C=O) groups is 1. The lowest BCUT2D eigenvalue weighted by Crippen LogP contribution is -2.36. The van der Waals surface area contributed by atoms with Crippen molar-refractivity contribution in [3.63, 3.8) is 0 Å². The first-order valence-corrected chi connectivity index (χ1v) is 10.6. The summed E-state index contributed by atoms with van der Waals surface area (Å²) in [5.41, 5.74) is 4.56. The van der Waals surface area contributed by atoms with Crippen LogP contribution < -0.4 is 15.4 Å². The van der Waals surface area contributed by atoms with E-state index in [2.05, 4.69) is 60.9 Å². The van der Waals surface area contributed by atoms with E-state index in [4.69, 9.17) is 9.73 Å². The molecule has 0 aliphatic carbocycles. The first-order valence-electron chi connectivity index (χ1n) is 10.6. The minimum absolute atomic E-state index is 0. The predicted octanol–water partition coefficient (Wildman–Crippen LogP) is 4.00. The Bertz CT molecular complexity index is 884. The van der Waals surface area contributed by atoms with Gasteiger partial charge in [0.15, 0.2) is 5.96 Å². The monoisotopic (exact) mass is 536 g/mol. The molecule has 3 rings (SSSR count). The number of methoxy groups -OCH3 is 1. The third-order valence-corrected chi connectivity index (χ3v) is 5.22. The van der Waals surface area contributed by atoms with Gasteiger partial charge in [0.05, 0.1) is 13.7 Å². The zero-order chi connectivity index (χ0) is 21.3. The lowest BCUT2D eigenvalue weighted by atomic mass is 10.1. The first kappa shape index (κ1) is 25.0. The Morgan fingerprint density at radius 3 is 2.52 bits per heavy atom. The van der Waals surface area contributed by atoms with Crippen molar-refractivity contribution in [2.75, 3.05) is 20.2 Å². The Hall–Kier alpha value is -2.29. The van der Waals surface area contributed by atoms with E-state index in [1.165, 1.54) is 5.56 Å². The summed E-state index contributed by atoms with van der Waals surface area (Å²) in [6.45, 7) is 7.69. The van der Waals surface area contributed by atoms with Crippen LogP contribution in [0.3, 0.4) is 0 Å². The van der Waals surface area contributed by atoms with Crippen molar-refractivity contribution in [1.82, 2.24) is 15.5 Å². The molecule has 1 heterocycles. The molecule has 31 heavy (non-hydrogen) atoms. The Labute approximate surface area is 202 Å². The molecule has 7 heteroatoms. The molecule has 1 amide bonds. The molecule has 6 nitrogen and oxygen atoms in total. The van der Waals surface area contributed by atoms with Crippen molar-refractivity contribution >= 4 is 35.8 Å². The molecular formula is C24H33IN4O2. The maximum atomic E-state index is 11.8. The van der Waals surface area contributed by atoms with Gasteiger partial charge in [-0.2, -0.15) is 0 Å². The van der Waals surface area contributed by atoms with Gasteiger partial charge in [0.25, 0.3) is 0 Å². The fourth-order valence-electron chi connectivity index (χ4n) is 3.53. The zero-order valence-corrected chi connectivity index (χ0v) is 20.9. The molecule has 0 saturated carbocycles. The molecule has 1 aliphatic rings. The summed E-state index contributed by atoms with van der Waals surface area (Å²) in [6.07, 6.45) is 1.65. The van der Waals surface area contributed by atoms with Crippen LogP contribution in [0, 0.1) is 6.92 Å². The van der Waals surface area contributed by atoms with E-state index in [1.54, 1.807) is 7.11 Å². The number of hydrogen-bond acceptors (Lipinski definition) is 3. The predicted molar refractivity (Wildman–Crippen MR) is 136 cm³/mol. The Morgan fingerprint density at radius 2 is 1.87 bits per heavy atom. The third-order valence-electron chi connectivity index (χ3n) is 5.22. The van der Waals surface area contributed by atoms with Crippen LogP contribution in [0.2, 0.25) is 0 Å². The van der Waals surface area contributed by atoms with Gasteiger partial charge in [0, 0.05) is 38.2 Å². The van der Waals surface area contributed by atoms with Crippen LogP contribution in [0.25, 0.3) is 0 Å². The number of hydrogen-bond donors (Lipinski definition) is 2. The van der Waals surface area contributed by atoms with Gasteiger partial charge in [-0.25, -0.2) is 4.99 Å². The van der Waals surface area contributed by atoms with Crippen LogP contribution in [0.4, 0.5) is 0 Å². The maximum absolute atomic E-state index is 11.8. The van der Waals surface area contributed by atoms with Crippen molar-refractivity contribution in [3.05, 3.63) is 64.7 Å². The van der Waals surface area contributed by atoms with Gasteiger partial charge < -0.3 is 20.3 Å². The second-order valence-corrected chi connectivity index (χ2v) is 7.60. The van der Waals surface area contributed by atoms with Crippen LogP contribution >= 0.6 is 24.0 Å². The van der Waals surface area contributed by atoms with E-state index in [-0.39, 0.29) is 29.9 Å². The number of nitrogens with one attached hydrogen (secondary N) is 2. The average Bonchev–Trinajstić information content (AvgIpc) is 3.16. The highest BCUT2D eigenvalue weighted by molar-refractivity contribution is 14.0. The SMILES string of the molecule is CCNC(=NCc1ccc(CN2CCCC2=O)cc1)NCc1ccc(C)cc1OC.I. The highest BCUT2D eigenvalue weighted by Gasteiger charge is 2.19.